The number of rotatable bonds is 0. The molecule has 0 aliphatic carbocycles. The smallest absolute Gasteiger partial charge is 0.0708 e. The average Bonchev–Trinajstić information content (AvgIpc) is 2.26. The van der Waals surface area contributed by atoms with Gasteiger partial charge in [0.2, 0.25) is 0 Å². The van der Waals surface area contributed by atoms with E-state index in [9.17, 15) is 0 Å². The van der Waals surface area contributed by atoms with Crippen molar-refractivity contribution < 1.29 is 0 Å². The number of hydrogen-bond acceptors (Lipinski definition) is 1. The van der Waals surface area contributed by atoms with Crippen LogP contribution in [0.1, 0.15) is 30.7 Å². The molecule has 0 amide bonds. The molecule has 0 fully saturated rings. The molecule has 1 nitrogen and oxygen atoms in total. The Kier molecular flexibility index (Phi) is 3.84. The lowest BCUT2D eigenvalue weighted by atomic mass is 10.0. The molecule has 0 spiro atoms. The van der Waals surface area contributed by atoms with Crippen LogP contribution in [0, 0.1) is 20.8 Å². The largest absolute Gasteiger partial charge is 0.253 e. The summed E-state index contributed by atoms with van der Waals surface area (Å²) in [5.41, 5.74) is 4.85. The summed E-state index contributed by atoms with van der Waals surface area (Å²) in [6.45, 7) is 10.3. The van der Waals surface area contributed by atoms with E-state index >= 15 is 0 Å². The second kappa shape index (κ2) is 4.92. The molecule has 15 heavy (non-hydrogen) atoms. The lowest BCUT2D eigenvalue weighted by Crippen LogP contribution is -1.87. The molecular formula is C14H19N. The van der Waals surface area contributed by atoms with Crippen LogP contribution in [0.3, 0.4) is 0 Å². The molecule has 2 rings (SSSR count). The summed E-state index contributed by atoms with van der Waals surface area (Å²) in [6, 6.07) is 8.43. The quantitative estimate of drug-likeness (QED) is 0.623. The fourth-order valence-corrected chi connectivity index (χ4v) is 1.56. The molecule has 1 aromatic heterocycles. The first-order chi connectivity index (χ1) is 7.18. The summed E-state index contributed by atoms with van der Waals surface area (Å²) in [5.74, 6) is 0. The van der Waals surface area contributed by atoms with E-state index in [1.165, 1.54) is 16.5 Å². The highest BCUT2D eigenvalue weighted by atomic mass is 14.7. The summed E-state index contributed by atoms with van der Waals surface area (Å²) in [5, 5.41) is 1.27. The van der Waals surface area contributed by atoms with Crippen LogP contribution in [-0.2, 0) is 0 Å². The summed E-state index contributed by atoms with van der Waals surface area (Å²) in [4.78, 5) is 4.48. The maximum Gasteiger partial charge on any atom is 0.0708 e. The minimum atomic E-state index is 1.08. The maximum atomic E-state index is 4.48. The Bertz CT molecular complexity index is 458. The van der Waals surface area contributed by atoms with Crippen LogP contribution in [0.15, 0.2) is 24.3 Å². The van der Waals surface area contributed by atoms with E-state index in [4.69, 9.17) is 0 Å². The first kappa shape index (κ1) is 11.7. The second-order valence-electron chi connectivity index (χ2n) is 3.53. The molecule has 0 radical (unpaired) electrons. The van der Waals surface area contributed by atoms with Crippen LogP contribution < -0.4 is 0 Å². The molecule has 0 atom stereocenters. The molecule has 0 N–H and O–H groups in total. The Morgan fingerprint density at radius 2 is 1.53 bits per heavy atom. The van der Waals surface area contributed by atoms with Crippen LogP contribution in [0.5, 0.6) is 0 Å². The Labute approximate surface area is 92.2 Å². The average molecular weight is 201 g/mol. The lowest BCUT2D eigenvalue weighted by molar-refractivity contribution is 1.24. The van der Waals surface area contributed by atoms with Crippen molar-refractivity contribution in [2.24, 2.45) is 0 Å². The minimum absolute atomic E-state index is 1.08. The van der Waals surface area contributed by atoms with Gasteiger partial charge in [0.25, 0.3) is 0 Å². The van der Waals surface area contributed by atoms with Gasteiger partial charge in [-0.25, -0.2) is 0 Å². The van der Waals surface area contributed by atoms with Crippen molar-refractivity contribution in [1.82, 2.24) is 4.98 Å². The molecular weight excluding hydrogens is 182 g/mol. The first-order valence-electron chi connectivity index (χ1n) is 5.52. The van der Waals surface area contributed by atoms with E-state index in [1.807, 2.05) is 20.8 Å². The Hall–Kier alpha value is -1.37. The number of hydrogen-bond donors (Lipinski definition) is 0. The van der Waals surface area contributed by atoms with Crippen molar-refractivity contribution in [1.29, 1.82) is 0 Å². The number of aryl methyl sites for hydroxylation is 3. The van der Waals surface area contributed by atoms with Gasteiger partial charge in [0.1, 0.15) is 0 Å². The zero-order valence-corrected chi connectivity index (χ0v) is 10.3. The molecule has 0 saturated heterocycles. The van der Waals surface area contributed by atoms with Gasteiger partial charge in [0.15, 0.2) is 0 Å². The molecule has 0 bridgehead atoms. The minimum Gasteiger partial charge on any atom is -0.253 e. The normalized spacial score (nSPS) is 9.67. The third kappa shape index (κ3) is 2.35. The van der Waals surface area contributed by atoms with Crippen molar-refractivity contribution in [2.75, 3.05) is 0 Å². The van der Waals surface area contributed by atoms with Crippen LogP contribution in [0.25, 0.3) is 10.9 Å². The molecule has 1 aromatic carbocycles. The first-order valence-corrected chi connectivity index (χ1v) is 5.52. The monoisotopic (exact) mass is 201 g/mol. The van der Waals surface area contributed by atoms with Gasteiger partial charge in [-0.2, -0.15) is 0 Å². The number of pyridine rings is 1. The molecule has 0 aliphatic rings. The molecule has 0 aliphatic heterocycles. The maximum absolute atomic E-state index is 4.48. The Morgan fingerprint density at radius 1 is 0.867 bits per heavy atom. The number of aromatic nitrogens is 1. The van der Waals surface area contributed by atoms with Crippen molar-refractivity contribution in [2.45, 2.75) is 34.6 Å². The topological polar surface area (TPSA) is 12.9 Å². The second-order valence-corrected chi connectivity index (χ2v) is 3.53. The SMILES string of the molecule is CC.Cc1ccc2c(C)c(C)ccc2n1. The van der Waals surface area contributed by atoms with Crippen molar-refractivity contribution >= 4 is 10.9 Å². The molecule has 1 heterocycles. The van der Waals surface area contributed by atoms with E-state index in [0.29, 0.717) is 0 Å². The Morgan fingerprint density at radius 3 is 2.20 bits per heavy atom. The van der Waals surface area contributed by atoms with Crippen LogP contribution in [-0.4, -0.2) is 4.98 Å². The standard InChI is InChI=1S/C12H13N.C2H6/c1-8-4-7-12-11(10(8)3)6-5-9(2)13-12;1-2/h4-7H,1-3H3;1-2H3. The summed E-state index contributed by atoms with van der Waals surface area (Å²) >= 11 is 0. The van der Waals surface area contributed by atoms with Crippen LogP contribution in [0.2, 0.25) is 0 Å². The predicted octanol–water partition coefficient (Wildman–Crippen LogP) is 4.19. The van der Waals surface area contributed by atoms with Crippen molar-refractivity contribution in [3.63, 3.8) is 0 Å². The summed E-state index contributed by atoms with van der Waals surface area (Å²) in [6.07, 6.45) is 0. The van der Waals surface area contributed by atoms with Gasteiger partial charge in [-0.1, -0.05) is 26.0 Å². The molecule has 80 valence electrons. The highest BCUT2D eigenvalue weighted by molar-refractivity contribution is 5.83. The van der Waals surface area contributed by atoms with Crippen LogP contribution >= 0.6 is 0 Å². The van der Waals surface area contributed by atoms with E-state index in [-0.39, 0.29) is 0 Å². The van der Waals surface area contributed by atoms with Gasteiger partial charge < -0.3 is 0 Å². The fourth-order valence-electron chi connectivity index (χ4n) is 1.56. The zero-order chi connectivity index (χ0) is 11.4. The zero-order valence-electron chi connectivity index (χ0n) is 10.3. The van der Waals surface area contributed by atoms with E-state index < -0.39 is 0 Å². The predicted molar refractivity (Wildman–Crippen MR) is 67.3 cm³/mol. The van der Waals surface area contributed by atoms with E-state index in [0.717, 1.165) is 11.2 Å². The molecule has 1 heteroatoms. The highest BCUT2D eigenvalue weighted by Crippen LogP contribution is 2.19. The van der Waals surface area contributed by atoms with Gasteiger partial charge in [-0.15, -0.1) is 0 Å². The molecule has 0 unspecified atom stereocenters. The van der Waals surface area contributed by atoms with E-state index in [2.05, 4.69) is 43.1 Å². The van der Waals surface area contributed by atoms with Gasteiger partial charge in [-0.3, -0.25) is 4.98 Å². The fraction of sp³-hybridized carbons (Fsp3) is 0.357. The third-order valence-corrected chi connectivity index (χ3v) is 2.55. The van der Waals surface area contributed by atoms with Crippen molar-refractivity contribution in [3.05, 3.63) is 41.1 Å². The molecule has 0 saturated carbocycles. The number of benzene rings is 1. The summed E-state index contributed by atoms with van der Waals surface area (Å²) < 4.78 is 0. The van der Waals surface area contributed by atoms with Gasteiger partial charge >= 0.3 is 0 Å². The highest BCUT2D eigenvalue weighted by Gasteiger charge is 2.00. The van der Waals surface area contributed by atoms with Crippen LogP contribution in [0.4, 0.5) is 0 Å². The Balaban J connectivity index is 0.000000531. The van der Waals surface area contributed by atoms with Gasteiger partial charge in [-0.05, 0) is 44.0 Å². The lowest BCUT2D eigenvalue weighted by Gasteiger charge is -2.05. The van der Waals surface area contributed by atoms with Crippen molar-refractivity contribution in [3.8, 4) is 0 Å². The summed E-state index contributed by atoms with van der Waals surface area (Å²) in [7, 11) is 0. The number of fused-ring (bicyclic) bond motifs is 1. The molecule has 2 aromatic rings. The number of nitrogens with zero attached hydrogens (tertiary/aromatic N) is 1. The van der Waals surface area contributed by atoms with Gasteiger partial charge in [0, 0.05) is 11.1 Å². The van der Waals surface area contributed by atoms with E-state index in [1.54, 1.807) is 0 Å². The third-order valence-electron chi connectivity index (χ3n) is 2.55. The van der Waals surface area contributed by atoms with Gasteiger partial charge in [0.05, 0.1) is 5.52 Å².